The molecule has 0 saturated carbocycles. The first-order valence-corrected chi connectivity index (χ1v) is 4.81. The molecule has 9 heteroatoms. The number of carboxylic acids is 1. The summed E-state index contributed by atoms with van der Waals surface area (Å²) in [6.45, 7) is 0. The Morgan fingerprint density at radius 1 is 1.37 bits per heavy atom. The van der Waals surface area contributed by atoms with E-state index in [0.29, 0.717) is 10.6 Å². The van der Waals surface area contributed by atoms with Gasteiger partial charge in [0.25, 0.3) is 5.91 Å². The Morgan fingerprint density at radius 2 is 1.89 bits per heavy atom. The Balaban J connectivity index is 0.000000399. The van der Waals surface area contributed by atoms with Crippen molar-refractivity contribution in [3.63, 3.8) is 0 Å². The van der Waals surface area contributed by atoms with Gasteiger partial charge < -0.3 is 5.11 Å². The number of nitriles is 1. The van der Waals surface area contributed by atoms with E-state index in [2.05, 4.69) is 0 Å². The minimum atomic E-state index is -5.08. The molecule has 102 valence electrons. The number of carboxylic acid groups (broad SMARTS) is 1. The number of rotatable bonds is 1. The maximum Gasteiger partial charge on any atom is 0.490 e. The van der Waals surface area contributed by atoms with E-state index < -0.39 is 18.1 Å². The molecule has 0 aliphatic carbocycles. The van der Waals surface area contributed by atoms with E-state index in [9.17, 15) is 18.0 Å². The number of carbonyl (C=O) groups excluding carboxylic acids is 1. The fraction of sp³-hybridized carbons (Fsp3) is 0.100. The fourth-order valence-electron chi connectivity index (χ4n) is 0.753. The van der Waals surface area contributed by atoms with Crippen LogP contribution < -0.4 is 5.32 Å². The highest BCUT2D eigenvalue weighted by Crippen LogP contribution is 2.13. The molecule has 0 atom stereocenters. The topological polar surface area (TPSA) is 90.2 Å². The lowest BCUT2D eigenvalue weighted by Crippen LogP contribution is -2.21. The van der Waals surface area contributed by atoms with E-state index in [-0.39, 0.29) is 0 Å². The van der Waals surface area contributed by atoms with Crippen molar-refractivity contribution in [2.24, 2.45) is 0 Å². The molecule has 5 nitrogen and oxygen atoms in total. The first-order valence-electron chi connectivity index (χ1n) is 4.43. The Hall–Kier alpha value is -2.27. The third-order valence-corrected chi connectivity index (χ3v) is 1.73. The number of benzene rings is 1. The summed E-state index contributed by atoms with van der Waals surface area (Å²) in [5.74, 6) is -3.20. The highest BCUT2D eigenvalue weighted by Gasteiger charge is 2.38. The molecule has 0 fully saturated rings. The summed E-state index contributed by atoms with van der Waals surface area (Å²) < 4.78 is 31.7. The van der Waals surface area contributed by atoms with Crippen molar-refractivity contribution >= 4 is 23.5 Å². The number of nitrogens with zero attached hydrogens (tertiary/aromatic N) is 1. The van der Waals surface area contributed by atoms with Crippen LogP contribution in [0.1, 0.15) is 10.4 Å². The zero-order valence-electron chi connectivity index (χ0n) is 9.03. The average Bonchev–Trinajstić information content (AvgIpc) is 2.29. The van der Waals surface area contributed by atoms with Crippen LogP contribution >= 0.6 is 11.6 Å². The van der Waals surface area contributed by atoms with Gasteiger partial charge in [-0.05, 0) is 18.2 Å². The van der Waals surface area contributed by atoms with Gasteiger partial charge in [-0.2, -0.15) is 18.4 Å². The van der Waals surface area contributed by atoms with E-state index in [4.69, 9.17) is 26.8 Å². The van der Waals surface area contributed by atoms with Crippen molar-refractivity contribution in [1.82, 2.24) is 5.32 Å². The van der Waals surface area contributed by atoms with Crippen molar-refractivity contribution in [3.8, 4) is 6.19 Å². The summed E-state index contributed by atoms with van der Waals surface area (Å²) in [6, 6.07) is 6.38. The number of amides is 1. The molecule has 0 radical (unpaired) electrons. The largest absolute Gasteiger partial charge is 0.490 e. The van der Waals surface area contributed by atoms with Crippen LogP contribution in [-0.4, -0.2) is 23.2 Å². The summed E-state index contributed by atoms with van der Waals surface area (Å²) in [4.78, 5) is 19.9. The highest BCUT2D eigenvalue weighted by atomic mass is 35.5. The van der Waals surface area contributed by atoms with Crippen LogP contribution in [-0.2, 0) is 4.79 Å². The van der Waals surface area contributed by atoms with Crippen LogP contribution in [0.2, 0.25) is 5.02 Å². The number of aliphatic carboxylic acids is 1. The third kappa shape index (κ3) is 6.90. The van der Waals surface area contributed by atoms with Gasteiger partial charge in [0.05, 0.1) is 0 Å². The fourth-order valence-corrected chi connectivity index (χ4v) is 0.943. The van der Waals surface area contributed by atoms with E-state index >= 15 is 0 Å². The summed E-state index contributed by atoms with van der Waals surface area (Å²) in [6.07, 6.45) is -3.54. The molecule has 0 unspecified atom stereocenters. The molecule has 2 N–H and O–H groups in total. The molecular weight excluding hydrogens is 289 g/mol. The van der Waals surface area contributed by atoms with Gasteiger partial charge in [-0.25, -0.2) is 4.79 Å². The zero-order valence-corrected chi connectivity index (χ0v) is 9.79. The van der Waals surface area contributed by atoms with Gasteiger partial charge in [-0.1, -0.05) is 17.7 Å². The zero-order chi connectivity index (χ0) is 15.1. The second-order valence-electron chi connectivity index (χ2n) is 2.88. The lowest BCUT2D eigenvalue weighted by molar-refractivity contribution is -0.192. The molecule has 0 aromatic heterocycles. The summed E-state index contributed by atoms with van der Waals surface area (Å²) in [5.41, 5.74) is 0.379. The number of alkyl halides is 3. The lowest BCUT2D eigenvalue weighted by Gasteiger charge is -1.96. The lowest BCUT2D eigenvalue weighted by atomic mass is 10.2. The van der Waals surface area contributed by atoms with Crippen molar-refractivity contribution in [2.75, 3.05) is 0 Å². The van der Waals surface area contributed by atoms with Crippen LogP contribution in [0.5, 0.6) is 0 Å². The van der Waals surface area contributed by atoms with E-state index in [1.807, 2.05) is 5.32 Å². The predicted molar refractivity (Wildman–Crippen MR) is 58.2 cm³/mol. The minimum absolute atomic E-state index is 0.379. The van der Waals surface area contributed by atoms with Gasteiger partial charge in [0.2, 0.25) is 0 Å². The second-order valence-corrected chi connectivity index (χ2v) is 3.32. The van der Waals surface area contributed by atoms with Gasteiger partial charge in [0.15, 0.2) is 6.19 Å². The molecule has 1 amide bonds. The summed E-state index contributed by atoms with van der Waals surface area (Å²) in [7, 11) is 0. The Morgan fingerprint density at radius 3 is 2.26 bits per heavy atom. The standard InChI is InChI=1S/C8H5ClN2O.C2HF3O2/c9-7-3-1-2-6(4-7)8(12)11-5-10;3-2(4,5)1(6)7/h1-4H,(H,11,12);(H,6,7). The first-order chi connectivity index (χ1) is 8.68. The van der Waals surface area contributed by atoms with Gasteiger partial charge in [-0.15, -0.1) is 0 Å². The Labute approximate surface area is 110 Å². The molecule has 0 aliphatic rings. The molecule has 0 aliphatic heterocycles. The highest BCUT2D eigenvalue weighted by molar-refractivity contribution is 6.30. The molecule has 0 spiro atoms. The molecule has 1 aromatic carbocycles. The maximum atomic E-state index is 11.0. The van der Waals surface area contributed by atoms with Crippen molar-refractivity contribution in [1.29, 1.82) is 5.26 Å². The van der Waals surface area contributed by atoms with E-state index in [1.165, 1.54) is 6.07 Å². The number of carbonyl (C=O) groups is 2. The quantitative estimate of drug-likeness (QED) is 0.613. The Bertz CT molecular complexity index is 511. The number of hydrogen-bond acceptors (Lipinski definition) is 3. The smallest absolute Gasteiger partial charge is 0.475 e. The van der Waals surface area contributed by atoms with Crippen LogP contribution in [0, 0.1) is 11.5 Å². The molecule has 1 aromatic rings. The second kappa shape index (κ2) is 7.23. The van der Waals surface area contributed by atoms with Crippen molar-refractivity contribution < 1.29 is 27.9 Å². The molecular formula is C10H6ClF3N2O3. The molecule has 0 saturated heterocycles. The van der Waals surface area contributed by atoms with Crippen LogP contribution in [0.3, 0.4) is 0 Å². The van der Waals surface area contributed by atoms with Gasteiger partial charge in [-0.3, -0.25) is 10.1 Å². The SMILES string of the molecule is N#CNC(=O)c1cccc(Cl)c1.O=C(O)C(F)(F)F. The van der Waals surface area contributed by atoms with E-state index in [0.717, 1.165) is 0 Å². The molecule has 1 rings (SSSR count). The number of halogens is 4. The van der Waals surface area contributed by atoms with Crippen molar-refractivity contribution in [3.05, 3.63) is 34.9 Å². The number of nitrogens with one attached hydrogen (secondary N) is 1. The molecule has 19 heavy (non-hydrogen) atoms. The third-order valence-electron chi connectivity index (χ3n) is 1.50. The average molecular weight is 295 g/mol. The predicted octanol–water partition coefficient (Wildman–Crippen LogP) is 2.18. The monoisotopic (exact) mass is 294 g/mol. The maximum absolute atomic E-state index is 11.0. The summed E-state index contributed by atoms with van der Waals surface area (Å²) >= 11 is 5.63. The van der Waals surface area contributed by atoms with Crippen LogP contribution in [0.25, 0.3) is 0 Å². The number of hydrogen-bond donors (Lipinski definition) is 2. The first kappa shape index (κ1) is 16.7. The Kier molecular flexibility index (Phi) is 6.36. The van der Waals surface area contributed by atoms with Gasteiger partial charge >= 0.3 is 12.1 Å². The van der Waals surface area contributed by atoms with E-state index in [1.54, 1.807) is 24.4 Å². The normalized spacial score (nSPS) is 9.63. The minimum Gasteiger partial charge on any atom is -0.475 e. The molecule has 0 heterocycles. The van der Waals surface area contributed by atoms with Crippen LogP contribution in [0.15, 0.2) is 24.3 Å². The van der Waals surface area contributed by atoms with Crippen LogP contribution in [0.4, 0.5) is 13.2 Å². The van der Waals surface area contributed by atoms with Gasteiger partial charge in [0.1, 0.15) is 0 Å². The van der Waals surface area contributed by atoms with Crippen molar-refractivity contribution in [2.45, 2.75) is 6.18 Å². The summed E-state index contributed by atoms with van der Waals surface area (Å²) in [5, 5.41) is 17.7. The van der Waals surface area contributed by atoms with Gasteiger partial charge in [0, 0.05) is 10.6 Å². The molecule has 0 bridgehead atoms.